The lowest BCUT2D eigenvalue weighted by Gasteiger charge is -2.24. The van der Waals surface area contributed by atoms with E-state index in [1.807, 2.05) is 0 Å². The van der Waals surface area contributed by atoms with Crippen LogP contribution in [-0.4, -0.2) is 53.5 Å². The lowest BCUT2D eigenvalue weighted by atomic mass is 10.2. The van der Waals surface area contributed by atoms with E-state index in [4.69, 9.17) is 0 Å². The van der Waals surface area contributed by atoms with E-state index < -0.39 is 11.6 Å². The number of rotatable bonds is 2. The van der Waals surface area contributed by atoms with Gasteiger partial charge in [-0.3, -0.25) is 9.69 Å². The Bertz CT molecular complexity index is 639. The summed E-state index contributed by atoms with van der Waals surface area (Å²) in [7, 11) is 0. The molecule has 5 nitrogen and oxygen atoms in total. The fraction of sp³-hybridized carbons (Fsp3) is 0.500. The van der Waals surface area contributed by atoms with Crippen molar-refractivity contribution in [2.45, 2.75) is 31.3 Å². The van der Waals surface area contributed by atoms with Crippen molar-refractivity contribution in [3.63, 3.8) is 0 Å². The number of carbonyl (C=O) groups excluding carboxylic acids is 2. The highest BCUT2D eigenvalue weighted by Gasteiger charge is 2.50. The average Bonchev–Trinajstić information content (AvgIpc) is 3.19. The van der Waals surface area contributed by atoms with E-state index >= 15 is 0 Å². The minimum Gasteiger partial charge on any atom is -0.365 e. The molecule has 3 heterocycles. The van der Waals surface area contributed by atoms with Gasteiger partial charge < -0.3 is 9.80 Å². The van der Waals surface area contributed by atoms with Crippen LogP contribution in [0.5, 0.6) is 0 Å². The summed E-state index contributed by atoms with van der Waals surface area (Å²) in [5, 5.41) is 0. The van der Waals surface area contributed by atoms with Crippen LogP contribution < -0.4 is 4.90 Å². The number of amides is 3. The molecule has 3 amide bonds. The quantitative estimate of drug-likeness (QED) is 0.782. The molecule has 3 aliphatic rings. The molecular weight excluding hydrogens is 304 g/mol. The second-order valence-corrected chi connectivity index (χ2v) is 6.30. The number of hydrogen-bond acceptors (Lipinski definition) is 3. The van der Waals surface area contributed by atoms with Crippen molar-refractivity contribution in [2.75, 3.05) is 24.5 Å². The highest BCUT2D eigenvalue weighted by Crippen LogP contribution is 2.33. The molecule has 3 saturated heterocycles. The third-order valence-corrected chi connectivity index (χ3v) is 5.01. The summed E-state index contributed by atoms with van der Waals surface area (Å²) in [5.74, 6) is -1.40. The standard InChI is InChI=1S/C16H17F2N3O2/c17-11-3-1-4-12(18)14(11)19-8-6-10(9-19)21-15(22)13-5-2-7-20(13)16(21)23/h1,3-4,10,13H,2,5-9H2/t10-,13-/m1/s1. The Morgan fingerprint density at radius 2 is 1.78 bits per heavy atom. The molecule has 3 fully saturated rings. The van der Waals surface area contributed by atoms with E-state index in [0.717, 1.165) is 6.42 Å². The average molecular weight is 321 g/mol. The van der Waals surface area contributed by atoms with Crippen LogP contribution >= 0.6 is 0 Å². The number of hydrogen-bond donors (Lipinski definition) is 0. The molecular formula is C16H17F2N3O2. The Hall–Kier alpha value is -2.18. The number of anilines is 1. The van der Waals surface area contributed by atoms with Gasteiger partial charge in [0.15, 0.2) is 0 Å². The zero-order chi connectivity index (χ0) is 16.1. The fourth-order valence-corrected chi connectivity index (χ4v) is 3.93. The van der Waals surface area contributed by atoms with Crippen molar-refractivity contribution in [2.24, 2.45) is 0 Å². The van der Waals surface area contributed by atoms with Gasteiger partial charge in [-0.05, 0) is 31.4 Å². The molecule has 0 aliphatic carbocycles. The van der Waals surface area contributed by atoms with Crippen molar-refractivity contribution in [1.29, 1.82) is 0 Å². The molecule has 3 aliphatic heterocycles. The van der Waals surface area contributed by atoms with Crippen molar-refractivity contribution < 1.29 is 18.4 Å². The Labute approximate surface area is 132 Å². The summed E-state index contributed by atoms with van der Waals surface area (Å²) >= 11 is 0. The van der Waals surface area contributed by atoms with E-state index in [1.165, 1.54) is 23.1 Å². The molecule has 0 N–H and O–H groups in total. The van der Waals surface area contributed by atoms with Gasteiger partial charge in [-0.1, -0.05) is 6.07 Å². The van der Waals surface area contributed by atoms with Gasteiger partial charge in [-0.15, -0.1) is 0 Å². The van der Waals surface area contributed by atoms with Gasteiger partial charge in [0, 0.05) is 19.6 Å². The normalized spacial score (nSPS) is 27.3. The molecule has 0 saturated carbocycles. The van der Waals surface area contributed by atoms with E-state index in [9.17, 15) is 18.4 Å². The first-order chi connectivity index (χ1) is 11.1. The number of fused-ring (bicyclic) bond motifs is 1. The van der Waals surface area contributed by atoms with E-state index in [0.29, 0.717) is 25.9 Å². The van der Waals surface area contributed by atoms with Gasteiger partial charge >= 0.3 is 6.03 Å². The van der Waals surface area contributed by atoms with Crippen LogP contribution in [0.3, 0.4) is 0 Å². The maximum absolute atomic E-state index is 13.9. The number of imide groups is 1. The molecule has 0 aromatic heterocycles. The van der Waals surface area contributed by atoms with Crippen molar-refractivity contribution in [3.05, 3.63) is 29.8 Å². The summed E-state index contributed by atoms with van der Waals surface area (Å²) in [6.07, 6.45) is 2.10. The van der Waals surface area contributed by atoms with Gasteiger partial charge in [0.25, 0.3) is 5.91 Å². The minimum atomic E-state index is -0.620. The zero-order valence-corrected chi connectivity index (χ0v) is 12.5. The molecule has 7 heteroatoms. The van der Waals surface area contributed by atoms with Gasteiger partial charge in [-0.2, -0.15) is 0 Å². The van der Waals surface area contributed by atoms with Gasteiger partial charge in [0.2, 0.25) is 0 Å². The first-order valence-electron chi connectivity index (χ1n) is 7.90. The molecule has 0 bridgehead atoms. The fourth-order valence-electron chi connectivity index (χ4n) is 3.93. The van der Waals surface area contributed by atoms with Gasteiger partial charge in [0.1, 0.15) is 23.4 Å². The van der Waals surface area contributed by atoms with Crippen molar-refractivity contribution >= 4 is 17.6 Å². The van der Waals surface area contributed by atoms with Crippen LogP contribution in [-0.2, 0) is 4.79 Å². The third kappa shape index (κ3) is 2.09. The Balaban J connectivity index is 1.55. The Kier molecular flexibility index (Phi) is 3.25. The van der Waals surface area contributed by atoms with Crippen LogP contribution in [0.15, 0.2) is 18.2 Å². The molecule has 0 spiro atoms. The van der Waals surface area contributed by atoms with Crippen LogP contribution in [0.25, 0.3) is 0 Å². The number of urea groups is 1. The SMILES string of the molecule is O=C1[C@H]2CCCN2C(=O)N1[C@@H]1CCN(c2c(F)cccc2F)C1. The zero-order valence-electron chi connectivity index (χ0n) is 12.5. The molecule has 23 heavy (non-hydrogen) atoms. The molecule has 0 radical (unpaired) electrons. The first-order valence-corrected chi connectivity index (χ1v) is 7.90. The van der Waals surface area contributed by atoms with Crippen LogP contribution in [0.2, 0.25) is 0 Å². The van der Waals surface area contributed by atoms with Crippen LogP contribution in [0.4, 0.5) is 19.3 Å². The van der Waals surface area contributed by atoms with E-state index in [1.54, 1.807) is 9.80 Å². The molecule has 2 atom stereocenters. The summed E-state index contributed by atoms with van der Waals surface area (Å²) < 4.78 is 27.8. The first kappa shape index (κ1) is 14.4. The third-order valence-electron chi connectivity index (χ3n) is 5.01. The molecule has 4 rings (SSSR count). The van der Waals surface area contributed by atoms with Gasteiger partial charge in [-0.25, -0.2) is 13.6 Å². The maximum atomic E-state index is 13.9. The number of nitrogens with zero attached hydrogens (tertiary/aromatic N) is 3. The van der Waals surface area contributed by atoms with Crippen molar-refractivity contribution in [1.82, 2.24) is 9.80 Å². The van der Waals surface area contributed by atoms with Crippen molar-refractivity contribution in [3.8, 4) is 0 Å². The maximum Gasteiger partial charge on any atom is 0.327 e. The minimum absolute atomic E-state index is 0.0744. The topological polar surface area (TPSA) is 43.9 Å². The molecule has 1 aromatic rings. The lowest BCUT2D eigenvalue weighted by molar-refractivity contribution is -0.129. The number of halogens is 2. The monoisotopic (exact) mass is 321 g/mol. The molecule has 0 unspecified atom stereocenters. The lowest BCUT2D eigenvalue weighted by Crippen LogP contribution is -2.43. The Morgan fingerprint density at radius 3 is 2.48 bits per heavy atom. The Morgan fingerprint density at radius 1 is 1.04 bits per heavy atom. The van der Waals surface area contributed by atoms with Gasteiger partial charge in [0.05, 0.1) is 6.04 Å². The smallest absolute Gasteiger partial charge is 0.327 e. The highest BCUT2D eigenvalue weighted by atomic mass is 19.1. The predicted octanol–water partition coefficient (Wildman–Crippen LogP) is 1.97. The van der Waals surface area contributed by atoms with E-state index in [2.05, 4.69) is 0 Å². The summed E-state index contributed by atoms with van der Waals surface area (Å²) in [6, 6.07) is 2.85. The number of benzene rings is 1. The summed E-state index contributed by atoms with van der Waals surface area (Å²) in [5.41, 5.74) is -0.0744. The number of carbonyl (C=O) groups is 2. The molecule has 1 aromatic carbocycles. The van der Waals surface area contributed by atoms with Crippen LogP contribution in [0, 0.1) is 11.6 Å². The summed E-state index contributed by atoms with van der Waals surface area (Å²) in [6.45, 7) is 1.31. The highest BCUT2D eigenvalue weighted by molar-refractivity contribution is 6.05. The number of para-hydroxylation sites is 1. The predicted molar refractivity (Wildman–Crippen MR) is 78.9 cm³/mol. The van der Waals surface area contributed by atoms with Crippen LogP contribution in [0.1, 0.15) is 19.3 Å². The van der Waals surface area contributed by atoms with E-state index in [-0.39, 0.29) is 36.3 Å². The second kappa shape index (κ2) is 5.18. The largest absolute Gasteiger partial charge is 0.365 e. The second-order valence-electron chi connectivity index (χ2n) is 6.30. The molecule has 122 valence electrons. The summed E-state index contributed by atoms with van der Waals surface area (Å²) in [4.78, 5) is 29.4.